The number of carbonyl (C=O) groups is 1. The lowest BCUT2D eigenvalue weighted by Gasteiger charge is -2.38. The van der Waals surface area contributed by atoms with Crippen LogP contribution in [-0.2, 0) is 35.6 Å². The fourth-order valence-corrected chi connectivity index (χ4v) is 7.99. The highest BCUT2D eigenvalue weighted by Crippen LogP contribution is 2.47. The van der Waals surface area contributed by atoms with Crippen molar-refractivity contribution in [1.29, 1.82) is 5.26 Å². The van der Waals surface area contributed by atoms with Gasteiger partial charge >= 0.3 is 0 Å². The summed E-state index contributed by atoms with van der Waals surface area (Å²) in [7, 11) is 1.61. The van der Waals surface area contributed by atoms with E-state index in [9.17, 15) is 14.9 Å². The smallest absolute Gasteiger partial charge is 0.280 e. The first-order valence-electron chi connectivity index (χ1n) is 18.5. The summed E-state index contributed by atoms with van der Waals surface area (Å²) in [6.45, 7) is 9.72. The third-order valence-electron chi connectivity index (χ3n) is 8.91. The minimum absolute atomic E-state index is 0.00939. The first kappa shape index (κ1) is 42.9. The molecule has 0 bridgehead atoms. The van der Waals surface area contributed by atoms with Crippen LogP contribution < -0.4 is 20.3 Å². The van der Waals surface area contributed by atoms with Crippen LogP contribution in [0.15, 0.2) is 90.0 Å². The number of nitrogens with one attached hydrogen (secondary N) is 2. The van der Waals surface area contributed by atoms with Gasteiger partial charge in [0.2, 0.25) is 11.9 Å². The average Bonchev–Trinajstić information content (AvgIpc) is 3.62. The minimum atomic E-state index is -1.63. The largest absolute Gasteiger partial charge is 0.497 e. The molecular formula is C41H50N7O8P. The summed E-state index contributed by atoms with van der Waals surface area (Å²) in [5, 5.41) is 11.8. The van der Waals surface area contributed by atoms with Crippen molar-refractivity contribution in [2.75, 3.05) is 39.4 Å². The summed E-state index contributed by atoms with van der Waals surface area (Å²) >= 11 is 0. The Labute approximate surface area is 333 Å². The van der Waals surface area contributed by atoms with Crippen LogP contribution in [-0.4, -0.2) is 82.3 Å². The zero-order valence-electron chi connectivity index (χ0n) is 33.3. The van der Waals surface area contributed by atoms with Crippen molar-refractivity contribution in [3.63, 3.8) is 0 Å². The van der Waals surface area contributed by atoms with E-state index in [4.69, 9.17) is 28.0 Å². The van der Waals surface area contributed by atoms with E-state index in [0.717, 1.165) is 16.7 Å². The maximum absolute atomic E-state index is 12.8. The van der Waals surface area contributed by atoms with E-state index < -0.39 is 31.7 Å². The number of aromatic amines is 1. The molecule has 3 aromatic carbocycles. The summed E-state index contributed by atoms with van der Waals surface area (Å²) in [5.41, 5.74) is 1.16. The van der Waals surface area contributed by atoms with Gasteiger partial charge in [-0.25, -0.2) is 9.65 Å². The molecule has 1 amide bonds. The Bertz CT molecular complexity index is 2080. The lowest BCUT2D eigenvalue weighted by molar-refractivity contribution is -0.114. The second-order valence-corrected chi connectivity index (χ2v) is 15.0. The summed E-state index contributed by atoms with van der Waals surface area (Å²) in [6.07, 6.45) is 0.923. The number of fused-ring (bicyclic) bond motifs is 1. The number of amides is 1. The molecule has 5 aromatic rings. The van der Waals surface area contributed by atoms with E-state index in [1.165, 1.54) is 13.3 Å². The molecule has 0 aliphatic heterocycles. The van der Waals surface area contributed by atoms with Gasteiger partial charge in [0.15, 0.2) is 11.2 Å². The molecule has 57 heavy (non-hydrogen) atoms. The second kappa shape index (κ2) is 20.3. The highest BCUT2D eigenvalue weighted by Gasteiger charge is 2.39. The van der Waals surface area contributed by atoms with Gasteiger partial charge in [-0.15, -0.1) is 0 Å². The second-order valence-electron chi connectivity index (χ2n) is 13.6. The number of anilines is 1. The Balaban J connectivity index is 1.56. The van der Waals surface area contributed by atoms with Crippen LogP contribution in [0, 0.1) is 11.3 Å². The van der Waals surface area contributed by atoms with Crippen molar-refractivity contribution < 1.29 is 32.8 Å². The molecule has 2 heterocycles. The van der Waals surface area contributed by atoms with Crippen LogP contribution in [0.4, 0.5) is 5.95 Å². The van der Waals surface area contributed by atoms with E-state index >= 15 is 0 Å². The van der Waals surface area contributed by atoms with Crippen LogP contribution in [0.25, 0.3) is 11.2 Å². The Morgan fingerprint density at radius 3 is 2.05 bits per heavy atom. The first-order chi connectivity index (χ1) is 27.5. The van der Waals surface area contributed by atoms with Crippen molar-refractivity contribution >= 4 is 31.5 Å². The molecule has 0 saturated heterocycles. The predicted molar refractivity (Wildman–Crippen MR) is 217 cm³/mol. The molecule has 302 valence electrons. The molecule has 0 aliphatic rings. The van der Waals surface area contributed by atoms with E-state index in [1.807, 2.05) is 78.9 Å². The van der Waals surface area contributed by atoms with Crippen LogP contribution in [0.2, 0.25) is 0 Å². The van der Waals surface area contributed by atoms with Crippen molar-refractivity contribution in [3.05, 3.63) is 112 Å². The summed E-state index contributed by atoms with van der Waals surface area (Å²) in [5.74, 6) is 0.974. The van der Waals surface area contributed by atoms with E-state index in [-0.39, 0.29) is 62.2 Å². The third-order valence-corrected chi connectivity index (χ3v) is 11.0. The van der Waals surface area contributed by atoms with Crippen molar-refractivity contribution in [2.24, 2.45) is 0 Å². The molecule has 0 saturated carbocycles. The van der Waals surface area contributed by atoms with Crippen molar-refractivity contribution in [1.82, 2.24) is 24.2 Å². The number of nitrogens with zero attached hydrogens (tertiary/aromatic N) is 5. The molecular weight excluding hydrogens is 749 g/mol. The highest BCUT2D eigenvalue weighted by atomic mass is 31.2. The van der Waals surface area contributed by atoms with Crippen molar-refractivity contribution in [3.8, 4) is 17.6 Å². The van der Waals surface area contributed by atoms with Crippen LogP contribution >= 0.6 is 8.53 Å². The Kier molecular flexibility index (Phi) is 15.3. The van der Waals surface area contributed by atoms with E-state index in [2.05, 4.69) is 58.7 Å². The lowest BCUT2D eigenvalue weighted by atomic mass is 9.80. The standard InChI is InChI=1S/C41H50N7O8P/c1-28(2)48(29(3)4)57(55-23-11-22-42)56-25-36(53-27-47-26-43-37-38(47)45-40(44-30(5)49)46-39(37)50)24-54-41(31-12-9-8-10-13-31,32-14-18-34(51-6)19-15-32)33-16-20-35(52-7)21-17-33/h8-10,12-21,26,28-29,36H,11,23-25,27H2,1-7H3,(H2,44,45,46,49,50). The molecule has 0 aliphatic carbocycles. The molecule has 16 heteroatoms. The monoisotopic (exact) mass is 799 g/mol. The van der Waals surface area contributed by atoms with Gasteiger partial charge in [-0.05, 0) is 68.7 Å². The molecule has 2 aromatic heterocycles. The van der Waals surface area contributed by atoms with Gasteiger partial charge in [-0.1, -0.05) is 54.6 Å². The first-order valence-corrected chi connectivity index (χ1v) is 19.7. The molecule has 0 fully saturated rings. The molecule has 2 atom stereocenters. The van der Waals surface area contributed by atoms with Gasteiger partial charge in [0, 0.05) is 19.0 Å². The SMILES string of the molecule is COc1ccc(C(OCC(COP(OCCC#N)N(C(C)C)C(C)C)OCn2cnc3c(=O)[nH]c(NC(C)=O)nc32)(c2ccccc2)c2ccc(OC)cc2)cc1. The third kappa shape index (κ3) is 10.6. The van der Waals surface area contributed by atoms with Gasteiger partial charge in [0.05, 0.1) is 52.9 Å². The Morgan fingerprint density at radius 1 is 0.912 bits per heavy atom. The van der Waals surface area contributed by atoms with Crippen LogP contribution in [0.5, 0.6) is 11.5 Å². The Morgan fingerprint density at radius 2 is 1.51 bits per heavy atom. The topological polar surface area (TPSA) is 175 Å². The summed E-state index contributed by atoms with van der Waals surface area (Å²) in [6, 6.07) is 27.7. The lowest BCUT2D eigenvalue weighted by Crippen LogP contribution is -2.38. The summed E-state index contributed by atoms with van der Waals surface area (Å²) in [4.78, 5) is 35.8. The highest BCUT2D eigenvalue weighted by molar-refractivity contribution is 7.44. The van der Waals surface area contributed by atoms with E-state index in [0.29, 0.717) is 11.5 Å². The number of imidazole rings is 1. The molecule has 0 spiro atoms. The Hall–Kier alpha value is -5.20. The van der Waals surface area contributed by atoms with Gasteiger partial charge in [0.1, 0.15) is 29.9 Å². The number of aromatic nitrogens is 4. The van der Waals surface area contributed by atoms with Gasteiger partial charge in [-0.2, -0.15) is 10.2 Å². The molecule has 5 rings (SSSR count). The maximum atomic E-state index is 12.8. The number of methoxy groups -OCH3 is 2. The van der Waals surface area contributed by atoms with Gasteiger partial charge in [-0.3, -0.25) is 24.5 Å². The molecule has 15 nitrogen and oxygen atoms in total. The molecule has 0 radical (unpaired) electrons. The van der Waals surface area contributed by atoms with Gasteiger partial charge < -0.3 is 28.0 Å². The average molecular weight is 800 g/mol. The maximum Gasteiger partial charge on any atom is 0.280 e. The summed E-state index contributed by atoms with van der Waals surface area (Å²) < 4.78 is 41.3. The minimum Gasteiger partial charge on any atom is -0.497 e. The number of nitriles is 1. The number of carbonyl (C=O) groups excluding carboxylic acids is 1. The van der Waals surface area contributed by atoms with Gasteiger partial charge in [0.25, 0.3) is 14.1 Å². The fourth-order valence-electron chi connectivity index (χ4n) is 6.36. The number of H-pyrrole nitrogens is 1. The van der Waals surface area contributed by atoms with E-state index in [1.54, 1.807) is 18.8 Å². The number of ether oxygens (including phenoxy) is 4. The predicted octanol–water partition coefficient (Wildman–Crippen LogP) is 6.74. The molecule has 2 unspecified atom stereocenters. The normalized spacial score (nSPS) is 12.9. The fraction of sp³-hybridized carbons (Fsp3) is 0.390. The number of rotatable bonds is 21. The molecule has 2 N–H and O–H groups in total. The number of hydrogen-bond acceptors (Lipinski definition) is 12. The quantitative estimate of drug-likeness (QED) is 0.0455. The van der Waals surface area contributed by atoms with Crippen molar-refractivity contribution in [2.45, 2.75) is 71.6 Å². The van der Waals surface area contributed by atoms with Crippen LogP contribution in [0.1, 0.15) is 57.7 Å². The zero-order chi connectivity index (χ0) is 41.0. The number of hydrogen-bond donors (Lipinski definition) is 2. The number of benzene rings is 3. The zero-order valence-corrected chi connectivity index (χ0v) is 34.2. The van der Waals surface area contributed by atoms with Crippen LogP contribution in [0.3, 0.4) is 0 Å².